The van der Waals surface area contributed by atoms with Crippen molar-refractivity contribution in [2.45, 2.75) is 6.10 Å². The van der Waals surface area contributed by atoms with Crippen molar-refractivity contribution in [1.82, 2.24) is 5.32 Å². The van der Waals surface area contributed by atoms with E-state index >= 15 is 0 Å². The van der Waals surface area contributed by atoms with Crippen LogP contribution in [0, 0.1) is 0 Å². The summed E-state index contributed by atoms with van der Waals surface area (Å²) in [6.45, 7) is 0.447. The summed E-state index contributed by atoms with van der Waals surface area (Å²) in [4.78, 5) is 10.6. The van der Waals surface area contributed by atoms with Crippen LogP contribution in [0.15, 0.2) is 30.3 Å². The van der Waals surface area contributed by atoms with Crippen molar-refractivity contribution >= 4 is 6.09 Å². The fourth-order valence-electron chi connectivity index (χ4n) is 1.19. The number of hydrogen-bond acceptors (Lipinski definition) is 2. The summed E-state index contributed by atoms with van der Waals surface area (Å²) < 4.78 is 4.94. The van der Waals surface area contributed by atoms with Gasteiger partial charge in [0.05, 0.1) is 6.54 Å². The van der Waals surface area contributed by atoms with Gasteiger partial charge in [-0.15, -0.1) is 0 Å². The Morgan fingerprint density at radius 2 is 2.08 bits per heavy atom. The predicted molar refractivity (Wildman–Crippen MR) is 42.7 cm³/mol. The van der Waals surface area contributed by atoms with E-state index in [0.29, 0.717) is 6.54 Å². The highest BCUT2D eigenvalue weighted by atomic mass is 16.6. The molecule has 0 bridgehead atoms. The summed E-state index contributed by atoms with van der Waals surface area (Å²) in [5.41, 5.74) is 1.01. The first kappa shape index (κ1) is 7.16. The number of rotatable bonds is 1. The second-order valence-corrected chi connectivity index (χ2v) is 2.62. The summed E-state index contributed by atoms with van der Waals surface area (Å²) in [6, 6.07) is 9.62. The highest BCUT2D eigenvalue weighted by molar-refractivity contribution is 5.69. The molecule has 1 aliphatic rings. The Bertz CT molecular complexity index is 284. The van der Waals surface area contributed by atoms with Gasteiger partial charge in [0.15, 0.2) is 0 Å². The van der Waals surface area contributed by atoms with Crippen molar-refractivity contribution < 1.29 is 9.53 Å². The lowest BCUT2D eigenvalue weighted by molar-refractivity contribution is 0.141. The second-order valence-electron chi connectivity index (χ2n) is 2.62. The molecule has 0 N–H and O–H groups in total. The van der Waals surface area contributed by atoms with Gasteiger partial charge in [-0.3, -0.25) is 0 Å². The molecule has 1 atom stereocenters. The number of carbonyl (C=O) groups excluding carboxylic acids is 1. The van der Waals surface area contributed by atoms with Crippen molar-refractivity contribution in [2.75, 3.05) is 6.54 Å². The largest absolute Gasteiger partial charge is 0.438 e. The average Bonchev–Trinajstić information content (AvgIpc) is 2.54. The number of carbonyl (C=O) groups is 1. The van der Waals surface area contributed by atoms with Crippen LogP contribution in [0.3, 0.4) is 0 Å². The maximum atomic E-state index is 10.6. The topological polar surface area (TPSA) is 40.4 Å². The normalized spacial score (nSPS) is 21.7. The number of amides is 1. The molecule has 1 aromatic rings. The quantitative estimate of drug-likeness (QED) is 0.627. The molecule has 1 unspecified atom stereocenters. The molecule has 12 heavy (non-hydrogen) atoms. The van der Waals surface area contributed by atoms with Crippen molar-refractivity contribution in [1.29, 1.82) is 0 Å². The van der Waals surface area contributed by atoms with E-state index in [4.69, 9.17) is 4.74 Å². The number of hydrogen-bond donors (Lipinski definition) is 0. The van der Waals surface area contributed by atoms with Gasteiger partial charge in [0, 0.05) is 0 Å². The first-order valence-electron chi connectivity index (χ1n) is 3.79. The minimum absolute atomic E-state index is 0.168. The molecule has 2 rings (SSSR count). The molecule has 1 heterocycles. The molecule has 1 fully saturated rings. The van der Waals surface area contributed by atoms with Gasteiger partial charge in [-0.1, -0.05) is 30.3 Å². The summed E-state index contributed by atoms with van der Waals surface area (Å²) in [6.07, 6.45) is -0.623. The van der Waals surface area contributed by atoms with Gasteiger partial charge in [-0.05, 0) is 5.56 Å². The molecule has 0 saturated carbocycles. The molecule has 61 valence electrons. The van der Waals surface area contributed by atoms with E-state index in [9.17, 15) is 4.79 Å². The van der Waals surface area contributed by atoms with Crippen LogP contribution in [0.25, 0.3) is 0 Å². The van der Waals surface area contributed by atoms with Crippen LogP contribution in [0.4, 0.5) is 4.79 Å². The fraction of sp³-hybridized carbons (Fsp3) is 0.222. The molecule has 0 aliphatic carbocycles. The first-order chi connectivity index (χ1) is 5.86. The SMILES string of the molecule is O=C1[N]CC(c2ccccc2)O1. The molecule has 1 aromatic carbocycles. The minimum atomic E-state index is -0.455. The Kier molecular flexibility index (Phi) is 1.70. The van der Waals surface area contributed by atoms with E-state index in [1.54, 1.807) is 0 Å². The highest BCUT2D eigenvalue weighted by Crippen LogP contribution is 2.20. The summed E-state index contributed by atoms with van der Waals surface area (Å²) >= 11 is 0. The number of cyclic esters (lactones) is 1. The maximum Gasteiger partial charge on any atom is 0.429 e. The molecule has 3 nitrogen and oxygen atoms in total. The van der Waals surface area contributed by atoms with Gasteiger partial charge >= 0.3 is 6.09 Å². The standard InChI is InChI=1S/C9H8NO2/c11-9-10-6-8(12-9)7-4-2-1-3-5-7/h1-5,8H,6H2. The number of ether oxygens (including phenoxy) is 1. The van der Waals surface area contributed by atoms with Gasteiger partial charge in [-0.2, -0.15) is 0 Å². The predicted octanol–water partition coefficient (Wildman–Crippen LogP) is 1.48. The second kappa shape index (κ2) is 2.85. The van der Waals surface area contributed by atoms with Crippen LogP contribution in [-0.4, -0.2) is 12.6 Å². The first-order valence-corrected chi connectivity index (χ1v) is 3.79. The van der Waals surface area contributed by atoms with Crippen LogP contribution in [0.5, 0.6) is 0 Å². The maximum absolute atomic E-state index is 10.6. The van der Waals surface area contributed by atoms with E-state index in [1.165, 1.54) is 0 Å². The molecule has 1 aliphatic heterocycles. The van der Waals surface area contributed by atoms with Gasteiger partial charge < -0.3 is 4.74 Å². The third-order valence-corrected chi connectivity index (χ3v) is 1.80. The fourth-order valence-corrected chi connectivity index (χ4v) is 1.19. The van der Waals surface area contributed by atoms with E-state index in [1.807, 2.05) is 30.3 Å². The van der Waals surface area contributed by atoms with Crippen molar-refractivity contribution in [3.8, 4) is 0 Å². The molecule has 1 radical (unpaired) electrons. The Morgan fingerprint density at radius 3 is 2.67 bits per heavy atom. The zero-order chi connectivity index (χ0) is 8.39. The van der Waals surface area contributed by atoms with Gasteiger partial charge in [0.25, 0.3) is 0 Å². The molecule has 3 heteroatoms. The monoisotopic (exact) mass is 162 g/mol. The smallest absolute Gasteiger partial charge is 0.429 e. The van der Waals surface area contributed by atoms with E-state index in [0.717, 1.165) is 5.56 Å². The van der Waals surface area contributed by atoms with Gasteiger partial charge in [0.2, 0.25) is 0 Å². The van der Waals surface area contributed by atoms with Crippen LogP contribution in [-0.2, 0) is 4.74 Å². The van der Waals surface area contributed by atoms with Gasteiger partial charge in [0.1, 0.15) is 6.10 Å². The Morgan fingerprint density at radius 1 is 1.33 bits per heavy atom. The summed E-state index contributed by atoms with van der Waals surface area (Å²) in [7, 11) is 0. The van der Waals surface area contributed by atoms with E-state index in [-0.39, 0.29) is 6.10 Å². The van der Waals surface area contributed by atoms with Crippen LogP contribution < -0.4 is 5.32 Å². The van der Waals surface area contributed by atoms with Crippen LogP contribution >= 0.6 is 0 Å². The summed E-state index contributed by atoms with van der Waals surface area (Å²) in [5, 5.41) is 3.63. The minimum Gasteiger partial charge on any atom is -0.438 e. The summed E-state index contributed by atoms with van der Waals surface area (Å²) in [5.74, 6) is 0. The highest BCUT2D eigenvalue weighted by Gasteiger charge is 2.25. The third-order valence-electron chi connectivity index (χ3n) is 1.80. The van der Waals surface area contributed by atoms with Crippen molar-refractivity contribution in [3.05, 3.63) is 35.9 Å². The lowest BCUT2D eigenvalue weighted by Gasteiger charge is -2.05. The molecule has 1 amide bonds. The zero-order valence-corrected chi connectivity index (χ0v) is 6.43. The molecular formula is C9H8NO2. The lowest BCUT2D eigenvalue weighted by Crippen LogP contribution is -2.02. The zero-order valence-electron chi connectivity index (χ0n) is 6.43. The Balaban J connectivity index is 2.16. The van der Waals surface area contributed by atoms with Gasteiger partial charge in [-0.25, -0.2) is 10.1 Å². The Labute approximate surface area is 70.3 Å². The Hall–Kier alpha value is -1.51. The third kappa shape index (κ3) is 1.25. The average molecular weight is 162 g/mol. The number of benzene rings is 1. The van der Waals surface area contributed by atoms with E-state index in [2.05, 4.69) is 5.32 Å². The molecule has 1 saturated heterocycles. The lowest BCUT2D eigenvalue weighted by atomic mass is 10.1. The molecule has 0 spiro atoms. The van der Waals surface area contributed by atoms with E-state index < -0.39 is 6.09 Å². The van der Waals surface area contributed by atoms with Crippen molar-refractivity contribution in [2.24, 2.45) is 0 Å². The van der Waals surface area contributed by atoms with Crippen molar-refractivity contribution in [3.63, 3.8) is 0 Å². The van der Waals surface area contributed by atoms with Crippen LogP contribution in [0.1, 0.15) is 11.7 Å². The number of nitrogens with zero attached hydrogens (tertiary/aromatic N) is 1. The van der Waals surface area contributed by atoms with Crippen LogP contribution in [0.2, 0.25) is 0 Å². The molecule has 0 aromatic heterocycles. The molecular weight excluding hydrogens is 154 g/mol.